The van der Waals surface area contributed by atoms with Gasteiger partial charge in [0.25, 0.3) is 5.91 Å². The number of Topliss-reactive ketones (excluding diaryl/α,β-unsaturated/α-hetero) is 1. The molecule has 0 spiro atoms. The van der Waals surface area contributed by atoms with Crippen LogP contribution < -0.4 is 9.64 Å². The van der Waals surface area contributed by atoms with Gasteiger partial charge in [-0.25, -0.2) is 9.97 Å². The third-order valence-electron chi connectivity index (χ3n) is 6.62. The van der Waals surface area contributed by atoms with E-state index in [-0.39, 0.29) is 5.57 Å². The highest BCUT2D eigenvalue weighted by Gasteiger charge is 2.46. The Kier molecular flexibility index (Phi) is 6.25. The number of ether oxygens (including phenoxy) is 1. The van der Waals surface area contributed by atoms with Gasteiger partial charge in [-0.3, -0.25) is 14.5 Å². The molecular weight excluding hydrogens is 530 g/mol. The van der Waals surface area contributed by atoms with Crippen LogP contribution in [0.2, 0.25) is 0 Å². The molecule has 7 nitrogen and oxygen atoms in total. The van der Waals surface area contributed by atoms with Gasteiger partial charge in [-0.2, -0.15) is 0 Å². The fraction of sp³-hybridized carbons (Fsp3) is 0.133. The number of methoxy groups -OCH3 is 1. The van der Waals surface area contributed by atoms with Gasteiger partial charge in [-0.15, -0.1) is 11.3 Å². The number of hydrogen-bond donors (Lipinski definition) is 1. The molecule has 0 saturated heterocycles. The number of amides is 1. The Morgan fingerprint density at radius 3 is 2.51 bits per heavy atom. The van der Waals surface area contributed by atoms with Crippen molar-refractivity contribution in [1.29, 1.82) is 0 Å². The number of rotatable bonds is 6. The van der Waals surface area contributed by atoms with E-state index < -0.39 is 23.5 Å². The van der Waals surface area contributed by atoms with Crippen molar-refractivity contribution < 1.29 is 19.4 Å². The number of aromatic nitrogens is 2. The Morgan fingerprint density at radius 2 is 1.77 bits per heavy atom. The first-order chi connectivity index (χ1) is 18.9. The van der Waals surface area contributed by atoms with Crippen LogP contribution in [0.1, 0.15) is 32.5 Å². The number of fused-ring (bicyclic) bond motifs is 1. The van der Waals surface area contributed by atoms with E-state index >= 15 is 0 Å². The van der Waals surface area contributed by atoms with Crippen molar-refractivity contribution in [2.45, 2.75) is 19.9 Å². The molecule has 39 heavy (non-hydrogen) atoms. The summed E-state index contributed by atoms with van der Waals surface area (Å²) >= 11 is 2.56. The number of carbonyl (C=O) groups is 2. The molecule has 9 heteroatoms. The average molecular weight is 554 g/mol. The van der Waals surface area contributed by atoms with E-state index in [0.29, 0.717) is 37.5 Å². The molecular formula is C30H23N3O4S2. The number of hydrogen-bond acceptors (Lipinski definition) is 8. The minimum absolute atomic E-state index is 0.0220. The van der Waals surface area contributed by atoms with E-state index in [1.807, 2.05) is 73.7 Å². The van der Waals surface area contributed by atoms with Crippen LogP contribution in [0.15, 0.2) is 84.1 Å². The summed E-state index contributed by atoms with van der Waals surface area (Å²) in [6.07, 6.45) is 0. The van der Waals surface area contributed by atoms with Crippen molar-refractivity contribution in [3.05, 3.63) is 106 Å². The van der Waals surface area contributed by atoms with Gasteiger partial charge in [-0.05, 0) is 37.6 Å². The van der Waals surface area contributed by atoms with Gasteiger partial charge in [0.2, 0.25) is 5.78 Å². The second-order valence-corrected chi connectivity index (χ2v) is 11.2. The van der Waals surface area contributed by atoms with Gasteiger partial charge in [-0.1, -0.05) is 71.5 Å². The van der Waals surface area contributed by atoms with Gasteiger partial charge in [0.05, 0.1) is 39.5 Å². The Bertz CT molecular complexity index is 1790. The predicted molar refractivity (Wildman–Crippen MR) is 154 cm³/mol. The molecule has 0 bridgehead atoms. The lowest BCUT2D eigenvalue weighted by atomic mass is 9.94. The SMILES string of the molecule is COc1ccc2nc(N3C(=O)C(O)=C(C(=O)c4sc(-c5ccccc5)nc4C)C3c3cccc(C)c3)sc2c1. The number of anilines is 1. The summed E-state index contributed by atoms with van der Waals surface area (Å²) in [6.45, 7) is 3.71. The van der Waals surface area contributed by atoms with Crippen LogP contribution in [-0.4, -0.2) is 33.9 Å². The maximum absolute atomic E-state index is 14.1. The molecule has 0 fully saturated rings. The van der Waals surface area contributed by atoms with Gasteiger partial charge < -0.3 is 9.84 Å². The molecule has 5 aromatic rings. The fourth-order valence-corrected chi connectivity index (χ4v) is 6.79. The number of benzene rings is 3. The van der Waals surface area contributed by atoms with Crippen molar-refractivity contribution in [3.8, 4) is 16.3 Å². The average Bonchev–Trinajstić information content (AvgIpc) is 3.62. The smallest absolute Gasteiger partial charge is 0.296 e. The van der Waals surface area contributed by atoms with Gasteiger partial charge in [0.1, 0.15) is 10.8 Å². The second-order valence-electron chi connectivity index (χ2n) is 9.21. The van der Waals surface area contributed by atoms with Gasteiger partial charge in [0.15, 0.2) is 10.9 Å². The highest BCUT2D eigenvalue weighted by atomic mass is 32.1. The summed E-state index contributed by atoms with van der Waals surface area (Å²) in [7, 11) is 1.59. The van der Waals surface area contributed by atoms with E-state index in [1.54, 1.807) is 20.1 Å². The third kappa shape index (κ3) is 4.29. The van der Waals surface area contributed by atoms with Crippen molar-refractivity contribution in [3.63, 3.8) is 0 Å². The first-order valence-corrected chi connectivity index (χ1v) is 13.8. The molecule has 1 amide bonds. The Balaban J connectivity index is 1.48. The topological polar surface area (TPSA) is 92.6 Å². The minimum Gasteiger partial charge on any atom is -0.503 e. The van der Waals surface area contributed by atoms with Crippen molar-refractivity contribution in [2.75, 3.05) is 12.0 Å². The molecule has 1 unspecified atom stereocenters. The first kappa shape index (κ1) is 25.0. The number of aliphatic hydroxyl groups excluding tert-OH is 1. The summed E-state index contributed by atoms with van der Waals surface area (Å²) in [6, 6.07) is 21.8. The number of ketones is 1. The number of carbonyl (C=O) groups excluding carboxylic acids is 2. The molecule has 2 aromatic heterocycles. The zero-order valence-corrected chi connectivity index (χ0v) is 23.0. The zero-order valence-electron chi connectivity index (χ0n) is 21.3. The molecule has 0 saturated carbocycles. The second kappa shape index (κ2) is 9.76. The zero-order chi connectivity index (χ0) is 27.3. The van der Waals surface area contributed by atoms with Crippen LogP contribution in [0.3, 0.4) is 0 Å². The Labute approximate surface area is 232 Å². The Morgan fingerprint density at radius 1 is 0.974 bits per heavy atom. The highest BCUT2D eigenvalue weighted by Crippen LogP contribution is 2.45. The van der Waals surface area contributed by atoms with Crippen LogP contribution in [-0.2, 0) is 4.79 Å². The normalized spacial score (nSPS) is 15.4. The molecule has 3 aromatic carbocycles. The van der Waals surface area contributed by atoms with Crippen molar-refractivity contribution >= 4 is 49.7 Å². The summed E-state index contributed by atoms with van der Waals surface area (Å²) < 4.78 is 6.17. The minimum atomic E-state index is -0.853. The molecule has 0 radical (unpaired) electrons. The fourth-order valence-electron chi connectivity index (χ4n) is 4.75. The molecule has 1 aliphatic heterocycles. The lowest BCUT2D eigenvalue weighted by molar-refractivity contribution is -0.117. The molecule has 0 aliphatic carbocycles. The van der Waals surface area contributed by atoms with E-state index in [2.05, 4.69) is 4.98 Å². The largest absolute Gasteiger partial charge is 0.503 e. The van der Waals surface area contributed by atoms with E-state index in [9.17, 15) is 14.7 Å². The third-order valence-corrected chi connectivity index (χ3v) is 8.85. The summed E-state index contributed by atoms with van der Waals surface area (Å²) in [5.74, 6) is -0.985. The number of nitrogens with zero attached hydrogens (tertiary/aromatic N) is 3. The van der Waals surface area contributed by atoms with Crippen LogP contribution in [0.4, 0.5) is 5.13 Å². The van der Waals surface area contributed by atoms with Crippen LogP contribution >= 0.6 is 22.7 Å². The predicted octanol–water partition coefficient (Wildman–Crippen LogP) is 6.83. The van der Waals surface area contributed by atoms with Crippen LogP contribution in [0.25, 0.3) is 20.8 Å². The van der Waals surface area contributed by atoms with Gasteiger partial charge >= 0.3 is 0 Å². The first-order valence-electron chi connectivity index (χ1n) is 12.2. The molecule has 1 atom stereocenters. The molecule has 3 heterocycles. The van der Waals surface area contributed by atoms with E-state index in [4.69, 9.17) is 9.72 Å². The molecule has 1 aliphatic rings. The monoisotopic (exact) mass is 553 g/mol. The lowest BCUT2D eigenvalue weighted by Gasteiger charge is -2.24. The standard InChI is InChI=1S/C30H23N3O4S2/c1-16-8-7-11-19(14-16)24-23(25(34)27-17(2)31-28(39-27)18-9-5-4-6-10-18)26(35)29(36)33(24)30-32-21-13-12-20(37-3)15-22(21)38-30/h4-15,24,35H,1-3H3. The maximum atomic E-state index is 14.1. The van der Waals surface area contributed by atoms with Crippen molar-refractivity contribution in [2.24, 2.45) is 0 Å². The number of aliphatic hydroxyl groups is 1. The summed E-state index contributed by atoms with van der Waals surface area (Å²) in [5.41, 5.74) is 3.83. The lowest BCUT2D eigenvalue weighted by Crippen LogP contribution is -2.31. The number of aryl methyl sites for hydroxylation is 2. The molecule has 1 N–H and O–H groups in total. The summed E-state index contributed by atoms with van der Waals surface area (Å²) in [4.78, 5) is 38.9. The maximum Gasteiger partial charge on any atom is 0.296 e. The van der Waals surface area contributed by atoms with Gasteiger partial charge in [0, 0.05) is 5.56 Å². The highest BCUT2D eigenvalue weighted by molar-refractivity contribution is 7.22. The molecule has 6 rings (SSSR count). The Hall–Kier alpha value is -4.34. The molecule has 194 valence electrons. The quantitative estimate of drug-likeness (QED) is 0.232. The number of thiazole rings is 2. The summed E-state index contributed by atoms with van der Waals surface area (Å²) in [5, 5.41) is 12.3. The van der Waals surface area contributed by atoms with E-state index in [1.165, 1.54) is 27.6 Å². The van der Waals surface area contributed by atoms with Crippen LogP contribution in [0.5, 0.6) is 5.75 Å². The van der Waals surface area contributed by atoms with Crippen molar-refractivity contribution in [1.82, 2.24) is 9.97 Å². The van der Waals surface area contributed by atoms with E-state index in [0.717, 1.165) is 15.8 Å². The van der Waals surface area contributed by atoms with Crippen LogP contribution in [0, 0.1) is 13.8 Å².